The van der Waals surface area contributed by atoms with Gasteiger partial charge in [0.2, 0.25) is 0 Å². The van der Waals surface area contributed by atoms with Crippen molar-refractivity contribution in [1.82, 2.24) is 10.3 Å². The summed E-state index contributed by atoms with van der Waals surface area (Å²) in [6, 6.07) is 12.3. The SMILES string of the molecule is Clc1ccc(CNCc2cncc3ccccc23)s1. The molecule has 3 rings (SSSR count). The zero-order valence-electron chi connectivity index (χ0n) is 10.3. The molecule has 1 aromatic carbocycles. The Balaban J connectivity index is 1.71. The maximum atomic E-state index is 5.92. The number of nitrogens with zero attached hydrogens (tertiary/aromatic N) is 1. The molecule has 3 aromatic rings. The van der Waals surface area contributed by atoms with Crippen LogP contribution >= 0.6 is 22.9 Å². The lowest BCUT2D eigenvalue weighted by Gasteiger charge is -2.06. The van der Waals surface area contributed by atoms with Crippen LogP contribution in [0.15, 0.2) is 48.8 Å². The number of rotatable bonds is 4. The highest BCUT2D eigenvalue weighted by Crippen LogP contribution is 2.21. The van der Waals surface area contributed by atoms with E-state index in [2.05, 4.69) is 34.6 Å². The molecule has 2 nitrogen and oxygen atoms in total. The predicted molar refractivity (Wildman–Crippen MR) is 81.6 cm³/mol. The van der Waals surface area contributed by atoms with Crippen LogP contribution in [0, 0.1) is 0 Å². The van der Waals surface area contributed by atoms with Gasteiger partial charge in [-0.15, -0.1) is 11.3 Å². The van der Waals surface area contributed by atoms with Gasteiger partial charge in [0.05, 0.1) is 4.34 Å². The molecule has 0 aliphatic heterocycles. The highest BCUT2D eigenvalue weighted by Gasteiger charge is 2.02. The molecule has 19 heavy (non-hydrogen) atoms. The zero-order valence-corrected chi connectivity index (χ0v) is 11.8. The molecule has 96 valence electrons. The van der Waals surface area contributed by atoms with Gasteiger partial charge in [-0.05, 0) is 23.1 Å². The number of hydrogen-bond donors (Lipinski definition) is 1. The summed E-state index contributed by atoms with van der Waals surface area (Å²) in [6.07, 6.45) is 3.83. The van der Waals surface area contributed by atoms with E-state index in [1.807, 2.05) is 24.5 Å². The standard InChI is InChI=1S/C15H13ClN2S/c16-15-6-5-13(19-15)10-18-9-12-8-17-7-11-3-1-2-4-14(11)12/h1-8,18H,9-10H2. The fourth-order valence-electron chi connectivity index (χ4n) is 2.09. The lowest BCUT2D eigenvalue weighted by molar-refractivity contribution is 0.702. The van der Waals surface area contributed by atoms with E-state index in [1.54, 1.807) is 11.3 Å². The van der Waals surface area contributed by atoms with Gasteiger partial charge in [0.1, 0.15) is 0 Å². The molecule has 2 aromatic heterocycles. The summed E-state index contributed by atoms with van der Waals surface area (Å²) in [5, 5.41) is 5.88. The van der Waals surface area contributed by atoms with E-state index in [0.717, 1.165) is 17.4 Å². The molecule has 0 atom stereocenters. The second-order valence-electron chi connectivity index (χ2n) is 4.33. The number of halogens is 1. The van der Waals surface area contributed by atoms with E-state index in [9.17, 15) is 0 Å². The Labute approximate surface area is 121 Å². The molecule has 0 aliphatic rings. The summed E-state index contributed by atoms with van der Waals surface area (Å²) in [5.74, 6) is 0. The summed E-state index contributed by atoms with van der Waals surface area (Å²) in [5.41, 5.74) is 1.22. The summed E-state index contributed by atoms with van der Waals surface area (Å²) in [7, 11) is 0. The van der Waals surface area contributed by atoms with E-state index in [4.69, 9.17) is 11.6 Å². The smallest absolute Gasteiger partial charge is 0.0931 e. The monoisotopic (exact) mass is 288 g/mol. The molecule has 0 saturated carbocycles. The largest absolute Gasteiger partial charge is 0.308 e. The van der Waals surface area contributed by atoms with Crippen LogP contribution in [0.3, 0.4) is 0 Å². The zero-order chi connectivity index (χ0) is 13.1. The molecule has 0 bridgehead atoms. The second kappa shape index (κ2) is 5.70. The molecule has 0 saturated heterocycles. The van der Waals surface area contributed by atoms with Gasteiger partial charge < -0.3 is 5.32 Å². The first-order chi connectivity index (χ1) is 9.33. The topological polar surface area (TPSA) is 24.9 Å². The minimum absolute atomic E-state index is 0.809. The molecule has 0 fully saturated rings. The van der Waals surface area contributed by atoms with Crippen molar-refractivity contribution in [3.8, 4) is 0 Å². The average Bonchev–Trinajstić information content (AvgIpc) is 2.85. The van der Waals surface area contributed by atoms with E-state index in [1.165, 1.54) is 21.2 Å². The molecule has 1 N–H and O–H groups in total. The Hall–Kier alpha value is -1.42. The molecule has 4 heteroatoms. The third kappa shape index (κ3) is 2.95. The van der Waals surface area contributed by atoms with Crippen LogP contribution < -0.4 is 5.32 Å². The molecule has 0 amide bonds. The quantitative estimate of drug-likeness (QED) is 0.777. The first-order valence-electron chi connectivity index (χ1n) is 6.09. The Morgan fingerprint density at radius 2 is 1.95 bits per heavy atom. The van der Waals surface area contributed by atoms with Crippen molar-refractivity contribution >= 4 is 33.7 Å². The number of fused-ring (bicyclic) bond motifs is 1. The Kier molecular flexibility index (Phi) is 3.78. The van der Waals surface area contributed by atoms with Crippen LogP contribution in [-0.4, -0.2) is 4.98 Å². The normalized spacial score (nSPS) is 11.0. The Bertz CT molecular complexity index is 688. The third-order valence-electron chi connectivity index (χ3n) is 2.99. The average molecular weight is 289 g/mol. The summed E-state index contributed by atoms with van der Waals surface area (Å²) in [4.78, 5) is 5.53. The summed E-state index contributed by atoms with van der Waals surface area (Å²) in [6.45, 7) is 1.64. The first-order valence-corrected chi connectivity index (χ1v) is 7.29. The molecule has 0 spiro atoms. The maximum absolute atomic E-state index is 5.92. The van der Waals surface area contributed by atoms with Crippen LogP contribution in [0.2, 0.25) is 4.34 Å². The summed E-state index contributed by atoms with van der Waals surface area (Å²) >= 11 is 7.53. The number of nitrogens with one attached hydrogen (secondary N) is 1. The fraction of sp³-hybridized carbons (Fsp3) is 0.133. The Morgan fingerprint density at radius 3 is 2.79 bits per heavy atom. The van der Waals surface area contributed by atoms with Crippen molar-refractivity contribution < 1.29 is 0 Å². The van der Waals surface area contributed by atoms with Gasteiger partial charge in [0.15, 0.2) is 0 Å². The van der Waals surface area contributed by atoms with Gasteiger partial charge in [-0.25, -0.2) is 0 Å². The number of pyridine rings is 1. The van der Waals surface area contributed by atoms with E-state index >= 15 is 0 Å². The van der Waals surface area contributed by atoms with Crippen molar-refractivity contribution in [2.75, 3.05) is 0 Å². The van der Waals surface area contributed by atoms with Crippen molar-refractivity contribution in [1.29, 1.82) is 0 Å². The predicted octanol–water partition coefficient (Wildman–Crippen LogP) is 4.24. The van der Waals surface area contributed by atoms with Gasteiger partial charge >= 0.3 is 0 Å². The minimum Gasteiger partial charge on any atom is -0.308 e. The second-order valence-corrected chi connectivity index (χ2v) is 6.13. The lowest BCUT2D eigenvalue weighted by atomic mass is 10.1. The van der Waals surface area contributed by atoms with Crippen LogP contribution in [0.5, 0.6) is 0 Å². The molecule has 2 heterocycles. The molecule has 0 radical (unpaired) electrons. The van der Waals surface area contributed by atoms with Crippen molar-refractivity contribution in [2.24, 2.45) is 0 Å². The number of aromatic nitrogens is 1. The molecular formula is C15H13ClN2S. The lowest BCUT2D eigenvalue weighted by Crippen LogP contribution is -2.12. The van der Waals surface area contributed by atoms with Crippen LogP contribution in [-0.2, 0) is 13.1 Å². The van der Waals surface area contributed by atoms with Crippen molar-refractivity contribution in [2.45, 2.75) is 13.1 Å². The summed E-state index contributed by atoms with van der Waals surface area (Å²) < 4.78 is 0.837. The van der Waals surface area contributed by atoms with Gasteiger partial charge in [-0.1, -0.05) is 35.9 Å². The molecule has 0 unspecified atom stereocenters. The molecular weight excluding hydrogens is 276 g/mol. The van der Waals surface area contributed by atoms with E-state index in [-0.39, 0.29) is 0 Å². The van der Waals surface area contributed by atoms with Gasteiger partial charge in [0, 0.05) is 35.7 Å². The Morgan fingerprint density at radius 1 is 1.05 bits per heavy atom. The van der Waals surface area contributed by atoms with Gasteiger partial charge in [-0.2, -0.15) is 0 Å². The number of thiophene rings is 1. The van der Waals surface area contributed by atoms with Gasteiger partial charge in [-0.3, -0.25) is 4.98 Å². The van der Waals surface area contributed by atoms with E-state index < -0.39 is 0 Å². The highest BCUT2D eigenvalue weighted by molar-refractivity contribution is 7.16. The first kappa shape index (κ1) is 12.6. The third-order valence-corrected chi connectivity index (χ3v) is 4.23. The van der Waals surface area contributed by atoms with Crippen molar-refractivity contribution in [3.05, 3.63) is 63.6 Å². The molecule has 0 aliphatic carbocycles. The van der Waals surface area contributed by atoms with Crippen molar-refractivity contribution in [3.63, 3.8) is 0 Å². The van der Waals surface area contributed by atoms with Gasteiger partial charge in [0.25, 0.3) is 0 Å². The number of hydrogen-bond acceptors (Lipinski definition) is 3. The maximum Gasteiger partial charge on any atom is 0.0931 e. The minimum atomic E-state index is 0.809. The van der Waals surface area contributed by atoms with E-state index in [0.29, 0.717) is 0 Å². The fourth-order valence-corrected chi connectivity index (χ4v) is 3.14. The van der Waals surface area contributed by atoms with Crippen LogP contribution in [0.25, 0.3) is 10.8 Å². The van der Waals surface area contributed by atoms with Crippen LogP contribution in [0.4, 0.5) is 0 Å². The van der Waals surface area contributed by atoms with Crippen LogP contribution in [0.1, 0.15) is 10.4 Å². The highest BCUT2D eigenvalue weighted by atomic mass is 35.5. The number of benzene rings is 1.